The van der Waals surface area contributed by atoms with Crippen LogP contribution in [0.3, 0.4) is 0 Å². The van der Waals surface area contributed by atoms with Crippen LogP contribution in [0.25, 0.3) is 0 Å². The van der Waals surface area contributed by atoms with Gasteiger partial charge < -0.3 is 79.9 Å². The van der Waals surface area contributed by atoms with E-state index in [9.17, 15) is 0 Å². The van der Waals surface area contributed by atoms with Gasteiger partial charge in [-0.1, -0.05) is 0 Å². The molecule has 0 bridgehead atoms. The second-order valence-corrected chi connectivity index (χ2v) is 1.78. The smallest absolute Gasteiger partial charge is 0.414 e. The highest BCUT2D eigenvalue weighted by molar-refractivity contribution is 6.27. The standard InChI is InChI=1S/3C2H2O4.3H3N.3H2O/c3*3-1(4)2(5)6;;;;;;/h3*(H,3,4)(H,5,6);3*1H3;3*1H2. The number of hydrogen-bond donors (Lipinski definition) is 6. The first kappa shape index (κ1) is 58.8. The van der Waals surface area contributed by atoms with E-state index in [1.165, 1.54) is 0 Å². The minimum atomic E-state index is -2.19. The van der Waals surface area contributed by atoms with Gasteiger partial charge in [-0.05, 0) is 0 Å². The van der Waals surface area contributed by atoms with E-state index >= 15 is 0 Å². The lowest BCUT2D eigenvalue weighted by Crippen LogP contribution is -2.42. The number of carboxylic acids is 6. The van der Waals surface area contributed by atoms with Crippen LogP contribution in [0.4, 0.5) is 0 Å². The van der Waals surface area contributed by atoms with Crippen molar-refractivity contribution in [1.29, 1.82) is 0 Å². The lowest BCUT2D eigenvalue weighted by molar-refractivity contribution is -0.345. The molecule has 0 aliphatic carbocycles. The SMILES string of the molecule is O.O.O.O=C(O)C(=O)O.O=C([O-])C(=O)O.O=C([O-])C(=O)[O-].[NH4+].[NH4+].[NH4+]. The summed E-state index contributed by atoms with van der Waals surface area (Å²) in [7, 11) is 0. The fourth-order valence-corrected chi connectivity index (χ4v) is 0. The number of carbonyl (C=O) groups excluding carboxylic acids is 3. The predicted octanol–water partition coefficient (Wildman–Crippen LogP) is -7.88. The Labute approximate surface area is 131 Å². The van der Waals surface area contributed by atoms with Gasteiger partial charge in [0.15, 0.2) is 5.97 Å². The quantitative estimate of drug-likeness (QED) is 0.215. The summed E-state index contributed by atoms with van der Waals surface area (Å²) >= 11 is 0. The van der Waals surface area contributed by atoms with E-state index < -0.39 is 35.8 Å². The van der Waals surface area contributed by atoms with Crippen LogP contribution in [0.15, 0.2) is 0 Å². The fraction of sp³-hybridized carbons (Fsp3) is 0. The zero-order chi connectivity index (χ0) is 15.5. The molecule has 150 valence electrons. The maximum atomic E-state index is 9.10. The van der Waals surface area contributed by atoms with Crippen LogP contribution in [0, 0.1) is 0 Å². The van der Waals surface area contributed by atoms with Crippen LogP contribution in [-0.2, 0) is 28.8 Å². The summed E-state index contributed by atoms with van der Waals surface area (Å²) in [5.41, 5.74) is 0. The van der Waals surface area contributed by atoms with Crippen molar-refractivity contribution in [3.8, 4) is 0 Å². The van der Waals surface area contributed by atoms with Gasteiger partial charge in [0.2, 0.25) is 0 Å². The van der Waals surface area contributed by atoms with Crippen molar-refractivity contribution in [3.05, 3.63) is 0 Å². The van der Waals surface area contributed by atoms with Crippen molar-refractivity contribution >= 4 is 35.8 Å². The minimum Gasteiger partial charge on any atom is -0.543 e. The van der Waals surface area contributed by atoms with E-state index in [0.717, 1.165) is 0 Å². The van der Waals surface area contributed by atoms with Gasteiger partial charge in [-0.25, -0.2) is 14.4 Å². The molecule has 0 unspecified atom stereocenters. The van der Waals surface area contributed by atoms with Crippen LogP contribution in [0.1, 0.15) is 0 Å². The van der Waals surface area contributed by atoms with Gasteiger partial charge in [0.1, 0.15) is 0 Å². The van der Waals surface area contributed by atoms with Crippen LogP contribution < -0.4 is 33.8 Å². The Balaban J connectivity index is -0.0000000179. The Kier molecular flexibility index (Phi) is 78.0. The summed E-state index contributed by atoms with van der Waals surface area (Å²) in [6.45, 7) is 0. The number of aliphatic carboxylic acids is 6. The number of carbonyl (C=O) groups is 6. The molecule has 0 rings (SSSR count). The maximum absolute atomic E-state index is 9.10. The van der Waals surface area contributed by atoms with Crippen LogP contribution >= 0.6 is 0 Å². The highest BCUT2D eigenvalue weighted by atomic mass is 16.5. The first-order chi connectivity index (χ1) is 7.93. The van der Waals surface area contributed by atoms with Crippen molar-refractivity contribution in [1.82, 2.24) is 18.5 Å². The monoisotopic (exact) mass is 375 g/mol. The van der Waals surface area contributed by atoms with Gasteiger partial charge in [-0.3, -0.25) is 0 Å². The Morgan fingerprint density at radius 1 is 0.458 bits per heavy atom. The summed E-state index contributed by atoms with van der Waals surface area (Å²) in [6.07, 6.45) is 0. The van der Waals surface area contributed by atoms with Gasteiger partial charge in [0, 0.05) is 0 Å². The third-order valence-corrected chi connectivity index (χ3v) is 0.524. The van der Waals surface area contributed by atoms with E-state index in [-0.39, 0.29) is 34.9 Å². The van der Waals surface area contributed by atoms with Crippen molar-refractivity contribution < 1.29 is 75.8 Å². The van der Waals surface area contributed by atoms with Crippen molar-refractivity contribution in [2.75, 3.05) is 0 Å². The minimum absolute atomic E-state index is 0. The second kappa shape index (κ2) is 31.8. The van der Waals surface area contributed by atoms with E-state index in [2.05, 4.69) is 0 Å². The Morgan fingerprint density at radius 3 is 0.583 bits per heavy atom. The van der Waals surface area contributed by atoms with Crippen molar-refractivity contribution in [2.45, 2.75) is 0 Å². The van der Waals surface area contributed by atoms with Gasteiger partial charge in [0.05, 0.1) is 11.9 Å². The highest BCUT2D eigenvalue weighted by Gasteiger charge is 2.04. The summed E-state index contributed by atoms with van der Waals surface area (Å²) < 4.78 is 0. The highest BCUT2D eigenvalue weighted by Crippen LogP contribution is 1.56. The van der Waals surface area contributed by atoms with Gasteiger partial charge in [-0.15, -0.1) is 0 Å². The molecular formula is C6H21N3O15. The Bertz CT molecular complexity index is 286. The van der Waals surface area contributed by atoms with Gasteiger partial charge in [-0.2, -0.15) is 0 Å². The molecule has 0 fully saturated rings. The van der Waals surface area contributed by atoms with Crippen LogP contribution in [-0.4, -0.2) is 67.6 Å². The van der Waals surface area contributed by atoms with Crippen molar-refractivity contribution in [3.63, 3.8) is 0 Å². The summed E-state index contributed by atoms with van der Waals surface area (Å²) in [5, 5.41) is 49.0. The fourth-order valence-electron chi connectivity index (χ4n) is 0. The number of hydrogen-bond acceptors (Lipinski definition) is 9. The summed E-state index contributed by atoms with van der Waals surface area (Å²) in [4.78, 5) is 54.1. The lowest BCUT2D eigenvalue weighted by atomic mass is 10.7. The molecule has 0 aromatic carbocycles. The molecule has 0 atom stereocenters. The molecule has 18 heteroatoms. The molecule has 0 aliphatic rings. The van der Waals surface area contributed by atoms with E-state index in [1.54, 1.807) is 0 Å². The van der Waals surface area contributed by atoms with Gasteiger partial charge >= 0.3 is 17.9 Å². The predicted molar refractivity (Wildman–Crippen MR) is 66.7 cm³/mol. The second-order valence-electron chi connectivity index (χ2n) is 1.78. The maximum Gasteiger partial charge on any atom is 0.414 e. The molecule has 0 aliphatic heterocycles. The van der Waals surface area contributed by atoms with Crippen LogP contribution in [0.2, 0.25) is 0 Å². The normalized spacial score (nSPS) is 5.50. The molecule has 0 radical (unpaired) electrons. The average Bonchev–Trinajstić information content (AvgIpc) is 2.18. The molecule has 21 N–H and O–H groups in total. The average molecular weight is 375 g/mol. The third-order valence-electron chi connectivity index (χ3n) is 0.524. The largest absolute Gasteiger partial charge is 0.543 e. The van der Waals surface area contributed by atoms with Crippen LogP contribution in [0.5, 0.6) is 0 Å². The van der Waals surface area contributed by atoms with Gasteiger partial charge in [0.25, 0.3) is 0 Å². The molecule has 0 amide bonds. The first-order valence-corrected chi connectivity index (χ1v) is 3.26. The molecule has 0 saturated carbocycles. The van der Waals surface area contributed by atoms with E-state index in [0.29, 0.717) is 0 Å². The molecule has 24 heavy (non-hydrogen) atoms. The zero-order valence-corrected chi connectivity index (χ0v) is 12.5. The topological polar surface area (TPSA) is 436 Å². The summed E-state index contributed by atoms with van der Waals surface area (Å²) in [5.74, 6) is -12.0. The summed E-state index contributed by atoms with van der Waals surface area (Å²) in [6, 6.07) is 0. The molecule has 18 nitrogen and oxygen atoms in total. The van der Waals surface area contributed by atoms with E-state index in [4.69, 9.17) is 59.4 Å². The molecular weight excluding hydrogens is 354 g/mol. The van der Waals surface area contributed by atoms with E-state index in [1.807, 2.05) is 0 Å². The number of carboxylic acid groups (broad SMARTS) is 6. The molecule has 0 saturated heterocycles. The molecule has 0 aromatic heterocycles. The Hall–Kier alpha value is -3.42. The molecule has 0 aromatic rings. The molecule has 0 spiro atoms. The lowest BCUT2D eigenvalue weighted by Gasteiger charge is -1.97. The van der Waals surface area contributed by atoms with Crippen molar-refractivity contribution in [2.24, 2.45) is 0 Å². The zero-order valence-electron chi connectivity index (χ0n) is 12.5. The number of rotatable bonds is 0. The third kappa shape index (κ3) is 78.0. The Morgan fingerprint density at radius 2 is 0.583 bits per heavy atom. The number of quaternary nitrogens is 3. The first-order valence-electron chi connectivity index (χ1n) is 3.26. The molecule has 0 heterocycles.